The lowest BCUT2D eigenvalue weighted by atomic mass is 9.85. The zero-order valence-corrected chi connectivity index (χ0v) is 26.3. The minimum absolute atomic E-state index is 0.198. The fraction of sp³-hybridized carbons (Fsp3) is 0.543. The number of nitrogens with one attached hydrogen (secondary N) is 1. The van der Waals surface area contributed by atoms with Crippen molar-refractivity contribution in [3.05, 3.63) is 71.8 Å². The highest BCUT2D eigenvalue weighted by molar-refractivity contribution is 6.15. The number of fused-ring (bicyclic) bond motifs is 1. The van der Waals surface area contributed by atoms with Gasteiger partial charge in [-0.25, -0.2) is 4.79 Å². The molecule has 5 amide bonds. The molecule has 4 rings (SSSR count). The van der Waals surface area contributed by atoms with Crippen molar-refractivity contribution in [3.8, 4) is 0 Å². The van der Waals surface area contributed by atoms with Crippen LogP contribution in [0.2, 0.25) is 0 Å². The third-order valence-corrected chi connectivity index (χ3v) is 8.49. The van der Waals surface area contributed by atoms with E-state index >= 15 is 0 Å². The summed E-state index contributed by atoms with van der Waals surface area (Å²) in [6.45, 7) is 8.73. The molecule has 2 aliphatic heterocycles. The topological polar surface area (TPSA) is 90.0 Å². The first-order valence-corrected chi connectivity index (χ1v) is 15.9. The van der Waals surface area contributed by atoms with Gasteiger partial charge in [-0.1, -0.05) is 133 Å². The normalized spacial score (nSPS) is 19.3. The average molecular weight is 589 g/mol. The van der Waals surface area contributed by atoms with E-state index in [1.807, 2.05) is 81.4 Å². The van der Waals surface area contributed by atoms with E-state index in [2.05, 4.69) is 12.2 Å². The van der Waals surface area contributed by atoms with Crippen molar-refractivity contribution in [2.75, 3.05) is 6.54 Å². The molecule has 232 valence electrons. The number of unbranched alkanes of at least 4 members (excludes halogenated alkanes) is 7. The van der Waals surface area contributed by atoms with Gasteiger partial charge in [0.25, 0.3) is 11.8 Å². The first-order valence-electron chi connectivity index (χ1n) is 15.9. The highest BCUT2D eigenvalue weighted by Gasteiger charge is 2.63. The van der Waals surface area contributed by atoms with Gasteiger partial charge in [-0.2, -0.15) is 0 Å². The van der Waals surface area contributed by atoms with Crippen molar-refractivity contribution >= 4 is 23.8 Å². The molecule has 2 aliphatic rings. The molecule has 0 aliphatic carbocycles. The Bertz CT molecular complexity index is 1170. The molecule has 0 unspecified atom stereocenters. The van der Waals surface area contributed by atoms with Crippen LogP contribution in [0, 0.1) is 5.41 Å². The summed E-state index contributed by atoms with van der Waals surface area (Å²) in [6.07, 6.45) is 9.26. The Morgan fingerprint density at radius 1 is 0.721 bits per heavy atom. The Hall–Kier alpha value is -3.68. The average Bonchev–Trinajstić information content (AvgIpc) is 3.38. The number of imide groups is 1. The summed E-state index contributed by atoms with van der Waals surface area (Å²) in [5.41, 5.74) is 1.03. The first kappa shape index (κ1) is 32.2. The summed E-state index contributed by atoms with van der Waals surface area (Å²) in [5.74, 6) is -1.30. The second-order valence-electron chi connectivity index (χ2n) is 13.0. The van der Waals surface area contributed by atoms with E-state index < -0.39 is 35.4 Å². The van der Waals surface area contributed by atoms with Crippen LogP contribution in [0.3, 0.4) is 0 Å². The Labute approximate surface area is 256 Å². The van der Waals surface area contributed by atoms with Crippen molar-refractivity contribution in [1.82, 2.24) is 20.0 Å². The molecule has 8 heteroatoms. The van der Waals surface area contributed by atoms with E-state index in [-0.39, 0.29) is 25.0 Å². The van der Waals surface area contributed by atoms with E-state index in [0.717, 1.165) is 35.3 Å². The first-order chi connectivity index (χ1) is 20.6. The summed E-state index contributed by atoms with van der Waals surface area (Å²) in [5, 5.41) is 3.02. The Kier molecular flexibility index (Phi) is 11.0. The summed E-state index contributed by atoms with van der Waals surface area (Å²) in [4.78, 5) is 59.9. The molecule has 2 heterocycles. The van der Waals surface area contributed by atoms with E-state index in [1.54, 1.807) is 0 Å². The molecule has 2 fully saturated rings. The standard InChI is InChI=1S/C35H48N4O4/c1-5-6-7-8-9-10-11-18-23-36-31(40)30(35(2,3)4)39-32(41)28-29(33(39)42)38(25-27-21-16-13-17-22-27)34(43)37(28)24-26-19-14-12-15-20-26/h12-17,19-22,28-30H,5-11,18,23-25H2,1-4H3,(H,36,40)/t28-,29+,30-/m1/s1. The van der Waals surface area contributed by atoms with E-state index in [4.69, 9.17) is 0 Å². The largest absolute Gasteiger partial charge is 0.354 e. The lowest BCUT2D eigenvalue weighted by Gasteiger charge is -2.37. The number of likely N-dealkylation sites (tertiary alicyclic amines) is 1. The second-order valence-corrected chi connectivity index (χ2v) is 13.0. The molecule has 8 nitrogen and oxygen atoms in total. The third kappa shape index (κ3) is 7.64. The number of amides is 5. The number of hydrogen-bond donors (Lipinski definition) is 1. The highest BCUT2D eigenvalue weighted by Crippen LogP contribution is 2.38. The fourth-order valence-corrected chi connectivity index (χ4v) is 6.29. The zero-order valence-electron chi connectivity index (χ0n) is 26.3. The Morgan fingerprint density at radius 2 is 1.16 bits per heavy atom. The van der Waals surface area contributed by atoms with Gasteiger partial charge in [0.05, 0.1) is 0 Å². The molecule has 0 bridgehead atoms. The third-order valence-electron chi connectivity index (χ3n) is 8.49. The quantitative estimate of drug-likeness (QED) is 0.207. The molecule has 1 N–H and O–H groups in total. The highest BCUT2D eigenvalue weighted by atomic mass is 16.2. The van der Waals surface area contributed by atoms with Crippen molar-refractivity contribution in [2.24, 2.45) is 5.41 Å². The number of hydrogen-bond acceptors (Lipinski definition) is 4. The lowest BCUT2D eigenvalue weighted by molar-refractivity contribution is -0.152. The summed E-state index contributed by atoms with van der Waals surface area (Å²) in [7, 11) is 0. The molecule has 43 heavy (non-hydrogen) atoms. The Morgan fingerprint density at radius 3 is 1.60 bits per heavy atom. The molecule has 2 aromatic rings. The molecule has 0 saturated carbocycles. The van der Waals surface area contributed by atoms with Gasteiger partial charge >= 0.3 is 6.03 Å². The zero-order chi connectivity index (χ0) is 31.0. The number of carbonyl (C=O) groups excluding carboxylic acids is 4. The molecule has 2 aromatic carbocycles. The van der Waals surface area contributed by atoms with Crippen molar-refractivity contribution in [1.29, 1.82) is 0 Å². The van der Waals surface area contributed by atoms with Crippen LogP contribution in [0.5, 0.6) is 0 Å². The van der Waals surface area contributed by atoms with Crippen LogP contribution >= 0.6 is 0 Å². The van der Waals surface area contributed by atoms with Crippen molar-refractivity contribution in [2.45, 2.75) is 110 Å². The van der Waals surface area contributed by atoms with Gasteiger partial charge in [-0.15, -0.1) is 0 Å². The molecular weight excluding hydrogens is 540 g/mol. The van der Waals surface area contributed by atoms with Gasteiger partial charge in [0.1, 0.15) is 18.1 Å². The molecule has 0 aromatic heterocycles. The maximum absolute atomic E-state index is 14.2. The molecule has 0 spiro atoms. The monoisotopic (exact) mass is 588 g/mol. The number of benzene rings is 2. The lowest BCUT2D eigenvalue weighted by Crippen LogP contribution is -2.58. The summed E-state index contributed by atoms with van der Waals surface area (Å²) >= 11 is 0. The minimum Gasteiger partial charge on any atom is -0.354 e. The predicted octanol–water partition coefficient (Wildman–Crippen LogP) is 5.90. The van der Waals surface area contributed by atoms with E-state index in [1.165, 1.54) is 41.9 Å². The smallest absolute Gasteiger partial charge is 0.322 e. The van der Waals surface area contributed by atoms with Gasteiger partial charge in [0.2, 0.25) is 5.91 Å². The van der Waals surface area contributed by atoms with Crippen LogP contribution < -0.4 is 5.32 Å². The van der Waals surface area contributed by atoms with Gasteiger partial charge in [0.15, 0.2) is 0 Å². The minimum atomic E-state index is -0.991. The van der Waals surface area contributed by atoms with Crippen LogP contribution in [-0.4, -0.2) is 63.1 Å². The van der Waals surface area contributed by atoms with Gasteiger partial charge in [-0.05, 0) is 23.0 Å². The van der Waals surface area contributed by atoms with Gasteiger partial charge in [-0.3, -0.25) is 19.3 Å². The maximum Gasteiger partial charge on any atom is 0.322 e. The van der Waals surface area contributed by atoms with E-state index in [9.17, 15) is 19.2 Å². The number of nitrogens with zero attached hydrogens (tertiary/aromatic N) is 3. The predicted molar refractivity (Wildman–Crippen MR) is 168 cm³/mol. The molecular formula is C35H48N4O4. The van der Waals surface area contributed by atoms with Crippen LogP contribution in [0.1, 0.15) is 90.2 Å². The van der Waals surface area contributed by atoms with Crippen LogP contribution in [-0.2, 0) is 27.5 Å². The van der Waals surface area contributed by atoms with Gasteiger partial charge in [0, 0.05) is 19.6 Å². The second kappa shape index (κ2) is 14.7. The van der Waals surface area contributed by atoms with Crippen LogP contribution in [0.4, 0.5) is 4.79 Å². The fourth-order valence-electron chi connectivity index (χ4n) is 6.29. The SMILES string of the molecule is CCCCCCCCCCNC(=O)[C@@H](N1C(=O)[C@@H]2[C@H](C1=O)N(Cc1ccccc1)C(=O)N2Cc1ccccc1)C(C)(C)C. The van der Waals surface area contributed by atoms with Crippen molar-refractivity contribution < 1.29 is 19.2 Å². The molecule has 3 atom stereocenters. The number of urea groups is 1. The van der Waals surface area contributed by atoms with Crippen molar-refractivity contribution in [3.63, 3.8) is 0 Å². The Balaban J connectivity index is 1.52. The number of rotatable bonds is 15. The summed E-state index contributed by atoms with van der Waals surface area (Å²) < 4.78 is 0. The maximum atomic E-state index is 14.2. The molecule has 2 saturated heterocycles. The van der Waals surface area contributed by atoms with E-state index in [0.29, 0.717) is 6.54 Å². The van der Waals surface area contributed by atoms with Gasteiger partial charge < -0.3 is 15.1 Å². The van der Waals surface area contributed by atoms with Crippen LogP contribution in [0.15, 0.2) is 60.7 Å². The molecule has 0 radical (unpaired) electrons. The summed E-state index contributed by atoms with van der Waals surface area (Å²) in [6, 6.07) is 15.6. The number of carbonyl (C=O) groups is 4. The van der Waals surface area contributed by atoms with Crippen LogP contribution in [0.25, 0.3) is 0 Å².